The normalized spacial score (nSPS) is 10.2. The number of anilines is 1. The molecule has 58 valence electrons. The zero-order valence-corrected chi connectivity index (χ0v) is 6.34. The largest absolute Gasteiger partial charge is 0.411 e. The molecule has 0 spiro atoms. The van der Waals surface area contributed by atoms with E-state index in [0.717, 1.165) is 11.2 Å². The number of amides is 1. The van der Waals surface area contributed by atoms with Crippen LogP contribution in [0.3, 0.4) is 0 Å². The summed E-state index contributed by atoms with van der Waals surface area (Å²) < 4.78 is 0. The lowest BCUT2D eigenvalue weighted by Crippen LogP contribution is -2.11. The Balaban J connectivity index is 2.50. The molecule has 0 atom stereocenters. The zero-order valence-electron chi connectivity index (χ0n) is 5.52. The Labute approximate surface area is 67.2 Å². The van der Waals surface area contributed by atoms with Crippen molar-refractivity contribution in [3.8, 4) is 0 Å². The van der Waals surface area contributed by atoms with Gasteiger partial charge in [-0.25, -0.2) is 0 Å². The minimum Gasteiger partial charge on any atom is -0.411 e. The fourth-order valence-corrected chi connectivity index (χ4v) is 1.18. The summed E-state index contributed by atoms with van der Waals surface area (Å²) in [6.07, 6.45) is 0.805. The smallest absolute Gasteiger partial charge is 0.270 e. The van der Waals surface area contributed by atoms with Gasteiger partial charge in [-0.2, -0.15) is 0 Å². The molecule has 0 aliphatic rings. The second kappa shape index (κ2) is 3.72. The van der Waals surface area contributed by atoms with Gasteiger partial charge in [0, 0.05) is 0 Å². The molecule has 2 N–H and O–H groups in total. The lowest BCUT2D eigenvalue weighted by molar-refractivity contribution is -0.110. The summed E-state index contributed by atoms with van der Waals surface area (Å²) in [6.45, 7) is 0. The summed E-state index contributed by atoms with van der Waals surface area (Å²) >= 11 is 1.40. The minimum atomic E-state index is -0.435. The third kappa shape index (κ3) is 2.38. The van der Waals surface area contributed by atoms with Crippen molar-refractivity contribution >= 4 is 28.5 Å². The Hall–Kier alpha value is -1.36. The van der Waals surface area contributed by atoms with Gasteiger partial charge in [0.05, 0.1) is 5.00 Å². The van der Waals surface area contributed by atoms with Crippen molar-refractivity contribution in [2.45, 2.75) is 0 Å². The highest BCUT2D eigenvalue weighted by molar-refractivity contribution is 7.14. The predicted molar refractivity (Wildman–Crippen MR) is 43.2 cm³/mol. The summed E-state index contributed by atoms with van der Waals surface area (Å²) in [6, 6.07) is 3.57. The molecular formula is C6H6N2O2S. The van der Waals surface area contributed by atoms with Crippen LogP contribution in [0.5, 0.6) is 0 Å². The van der Waals surface area contributed by atoms with Crippen molar-refractivity contribution in [3.05, 3.63) is 17.5 Å². The number of nitrogens with zero attached hydrogens (tertiary/aromatic N) is 1. The molecule has 0 saturated heterocycles. The molecule has 1 heterocycles. The van der Waals surface area contributed by atoms with E-state index >= 15 is 0 Å². The Kier molecular flexibility index (Phi) is 2.62. The van der Waals surface area contributed by atoms with E-state index in [0.29, 0.717) is 0 Å². The molecule has 0 saturated carbocycles. The second-order valence-corrected chi connectivity index (χ2v) is 2.66. The zero-order chi connectivity index (χ0) is 8.10. The van der Waals surface area contributed by atoms with Crippen molar-refractivity contribution in [1.29, 1.82) is 0 Å². The van der Waals surface area contributed by atoms with Gasteiger partial charge in [-0.1, -0.05) is 5.16 Å². The second-order valence-electron chi connectivity index (χ2n) is 1.71. The van der Waals surface area contributed by atoms with Gasteiger partial charge in [-0.15, -0.1) is 11.3 Å². The van der Waals surface area contributed by atoms with E-state index in [1.807, 2.05) is 11.4 Å². The number of thiophene rings is 1. The van der Waals surface area contributed by atoms with Crippen LogP contribution in [0.2, 0.25) is 0 Å². The van der Waals surface area contributed by atoms with Crippen molar-refractivity contribution in [2.75, 3.05) is 5.32 Å². The first kappa shape index (κ1) is 7.74. The summed E-state index contributed by atoms with van der Waals surface area (Å²) in [5.41, 5.74) is 0. The molecule has 0 aromatic carbocycles. The van der Waals surface area contributed by atoms with E-state index in [1.165, 1.54) is 11.3 Å². The molecule has 0 aliphatic carbocycles. The van der Waals surface area contributed by atoms with E-state index < -0.39 is 5.91 Å². The van der Waals surface area contributed by atoms with Crippen molar-refractivity contribution in [1.82, 2.24) is 0 Å². The van der Waals surface area contributed by atoms with Crippen LogP contribution in [0.4, 0.5) is 5.00 Å². The van der Waals surface area contributed by atoms with Gasteiger partial charge < -0.3 is 10.5 Å². The van der Waals surface area contributed by atoms with Gasteiger partial charge in [0.15, 0.2) is 0 Å². The first-order valence-electron chi connectivity index (χ1n) is 2.85. The van der Waals surface area contributed by atoms with E-state index in [1.54, 1.807) is 6.07 Å². The molecule has 1 amide bonds. The Bertz CT molecular complexity index is 256. The van der Waals surface area contributed by atoms with E-state index in [-0.39, 0.29) is 0 Å². The molecule has 1 rings (SSSR count). The number of rotatable bonds is 2. The maximum Gasteiger partial charge on any atom is 0.270 e. The van der Waals surface area contributed by atoms with E-state index in [2.05, 4.69) is 10.5 Å². The number of hydrogen-bond donors (Lipinski definition) is 2. The summed E-state index contributed by atoms with van der Waals surface area (Å²) in [5.74, 6) is -0.435. The van der Waals surface area contributed by atoms with Crippen LogP contribution in [0, 0.1) is 0 Å². The highest BCUT2D eigenvalue weighted by atomic mass is 32.1. The van der Waals surface area contributed by atoms with E-state index in [9.17, 15) is 4.79 Å². The van der Waals surface area contributed by atoms with Gasteiger partial charge >= 0.3 is 0 Å². The van der Waals surface area contributed by atoms with Crippen LogP contribution < -0.4 is 5.32 Å². The first-order chi connectivity index (χ1) is 5.33. The molecule has 5 heteroatoms. The molecule has 0 aliphatic heterocycles. The monoisotopic (exact) mass is 170 g/mol. The summed E-state index contributed by atoms with van der Waals surface area (Å²) in [7, 11) is 0. The lowest BCUT2D eigenvalue weighted by atomic mass is 10.6. The standard InChI is InChI=1S/C6H6N2O2S/c9-5(4-7-10)8-6-2-1-3-11-6/h1-4,10H,(H,8,9)/b7-4+. The molecule has 11 heavy (non-hydrogen) atoms. The topological polar surface area (TPSA) is 61.7 Å². The van der Waals surface area contributed by atoms with Gasteiger partial charge in [-0.3, -0.25) is 4.79 Å². The highest BCUT2D eigenvalue weighted by Gasteiger charge is 1.97. The third-order valence-corrected chi connectivity index (χ3v) is 1.73. The Morgan fingerprint density at radius 3 is 3.18 bits per heavy atom. The van der Waals surface area contributed by atoms with E-state index in [4.69, 9.17) is 5.21 Å². The molecule has 0 radical (unpaired) electrons. The fraction of sp³-hybridized carbons (Fsp3) is 0. The SMILES string of the molecule is O=C(/C=N/O)Nc1cccs1. The molecule has 1 aromatic rings. The molecule has 4 nitrogen and oxygen atoms in total. The average molecular weight is 170 g/mol. The summed E-state index contributed by atoms with van der Waals surface area (Å²) in [5, 5.41) is 15.6. The number of hydrogen-bond acceptors (Lipinski definition) is 4. The number of carbonyl (C=O) groups excluding carboxylic acids is 1. The Morgan fingerprint density at radius 2 is 2.64 bits per heavy atom. The number of oxime groups is 1. The van der Waals surface area contributed by atoms with Gasteiger partial charge in [0.2, 0.25) is 0 Å². The lowest BCUT2D eigenvalue weighted by Gasteiger charge is -1.93. The van der Waals surface area contributed by atoms with Crippen LogP contribution in [0.25, 0.3) is 0 Å². The number of nitrogens with one attached hydrogen (secondary N) is 1. The number of carbonyl (C=O) groups is 1. The van der Waals surface area contributed by atoms with Gasteiger partial charge in [0.25, 0.3) is 5.91 Å². The predicted octanol–water partition coefficient (Wildman–Crippen LogP) is 1.15. The molecular weight excluding hydrogens is 164 g/mol. The van der Waals surface area contributed by atoms with Crippen LogP contribution in [-0.2, 0) is 4.79 Å². The third-order valence-electron chi connectivity index (χ3n) is 0.943. The fourth-order valence-electron chi connectivity index (χ4n) is 0.556. The van der Waals surface area contributed by atoms with Crippen molar-refractivity contribution < 1.29 is 10.0 Å². The first-order valence-corrected chi connectivity index (χ1v) is 3.73. The van der Waals surface area contributed by atoms with Crippen LogP contribution in [0.1, 0.15) is 0 Å². The Morgan fingerprint density at radius 1 is 1.82 bits per heavy atom. The summed E-state index contributed by atoms with van der Waals surface area (Å²) in [4.78, 5) is 10.7. The van der Waals surface area contributed by atoms with Gasteiger partial charge in [-0.05, 0) is 17.5 Å². The average Bonchev–Trinajstić information content (AvgIpc) is 2.40. The minimum absolute atomic E-state index is 0.435. The van der Waals surface area contributed by atoms with Crippen LogP contribution in [0.15, 0.2) is 22.7 Å². The maximum atomic E-state index is 10.7. The van der Waals surface area contributed by atoms with Crippen molar-refractivity contribution in [2.24, 2.45) is 5.16 Å². The molecule has 1 aromatic heterocycles. The van der Waals surface area contributed by atoms with Crippen LogP contribution in [-0.4, -0.2) is 17.3 Å². The van der Waals surface area contributed by atoms with Crippen LogP contribution >= 0.6 is 11.3 Å². The molecule has 0 bridgehead atoms. The van der Waals surface area contributed by atoms with Gasteiger partial charge in [0.1, 0.15) is 6.21 Å². The molecule has 0 fully saturated rings. The molecule has 0 unspecified atom stereocenters. The highest BCUT2D eigenvalue weighted by Crippen LogP contribution is 2.13. The van der Waals surface area contributed by atoms with Crippen molar-refractivity contribution in [3.63, 3.8) is 0 Å². The maximum absolute atomic E-state index is 10.7. The quantitative estimate of drug-likeness (QED) is 0.397.